The van der Waals surface area contributed by atoms with Gasteiger partial charge in [0.15, 0.2) is 11.5 Å². The lowest BCUT2D eigenvalue weighted by atomic mass is 9.83. The van der Waals surface area contributed by atoms with Gasteiger partial charge in [-0.15, -0.1) is 0 Å². The van der Waals surface area contributed by atoms with Crippen LogP contribution in [0, 0.1) is 5.92 Å². The second kappa shape index (κ2) is 10.6. The molecule has 3 aliphatic rings. The van der Waals surface area contributed by atoms with Crippen LogP contribution in [0.5, 0.6) is 17.2 Å². The molecule has 0 saturated carbocycles. The quantitative estimate of drug-likeness (QED) is 0.657. The zero-order valence-corrected chi connectivity index (χ0v) is 20.2. The van der Waals surface area contributed by atoms with Gasteiger partial charge in [-0.05, 0) is 75.0 Å². The van der Waals surface area contributed by atoms with E-state index in [0.717, 1.165) is 6.42 Å². The SMILES string of the molecule is COc1cc(C(=O)Nc2cccc(C(=O)NCC3CCCN4CCCCC34)c2)cc2c1OCCO2. The van der Waals surface area contributed by atoms with Gasteiger partial charge < -0.3 is 29.7 Å². The lowest BCUT2D eigenvalue weighted by Gasteiger charge is -2.44. The third-order valence-corrected chi connectivity index (χ3v) is 7.23. The van der Waals surface area contributed by atoms with E-state index in [1.807, 2.05) is 0 Å². The van der Waals surface area contributed by atoms with Crippen molar-refractivity contribution < 1.29 is 23.8 Å². The van der Waals surface area contributed by atoms with Crippen LogP contribution in [-0.2, 0) is 0 Å². The van der Waals surface area contributed by atoms with Crippen molar-refractivity contribution >= 4 is 17.5 Å². The van der Waals surface area contributed by atoms with Crippen molar-refractivity contribution in [1.29, 1.82) is 0 Å². The molecule has 3 heterocycles. The largest absolute Gasteiger partial charge is 0.493 e. The van der Waals surface area contributed by atoms with E-state index < -0.39 is 0 Å². The van der Waals surface area contributed by atoms with Crippen LogP contribution in [0.3, 0.4) is 0 Å². The van der Waals surface area contributed by atoms with Gasteiger partial charge in [-0.25, -0.2) is 0 Å². The van der Waals surface area contributed by atoms with Crippen molar-refractivity contribution in [3.05, 3.63) is 47.5 Å². The van der Waals surface area contributed by atoms with E-state index in [1.54, 1.807) is 36.4 Å². The van der Waals surface area contributed by atoms with Gasteiger partial charge in [0.25, 0.3) is 11.8 Å². The molecule has 0 radical (unpaired) electrons. The first-order valence-electron chi connectivity index (χ1n) is 12.5. The highest BCUT2D eigenvalue weighted by Gasteiger charge is 2.33. The number of anilines is 1. The molecule has 0 bridgehead atoms. The molecule has 3 aliphatic heterocycles. The van der Waals surface area contributed by atoms with Gasteiger partial charge in [0.2, 0.25) is 5.75 Å². The first-order valence-corrected chi connectivity index (χ1v) is 12.5. The molecule has 35 heavy (non-hydrogen) atoms. The summed E-state index contributed by atoms with van der Waals surface area (Å²) in [5.74, 6) is 1.49. The number of hydrogen-bond donors (Lipinski definition) is 2. The molecule has 2 fully saturated rings. The molecule has 5 rings (SSSR count). The van der Waals surface area contributed by atoms with Crippen molar-refractivity contribution in [2.75, 3.05) is 45.3 Å². The average Bonchev–Trinajstić information content (AvgIpc) is 2.91. The molecular weight excluding hydrogens is 446 g/mol. The summed E-state index contributed by atoms with van der Waals surface area (Å²) in [6.07, 6.45) is 6.15. The molecule has 0 aliphatic carbocycles. The Morgan fingerprint density at radius 3 is 2.74 bits per heavy atom. The molecule has 2 saturated heterocycles. The van der Waals surface area contributed by atoms with Crippen LogP contribution in [0.1, 0.15) is 52.8 Å². The lowest BCUT2D eigenvalue weighted by molar-refractivity contribution is 0.0575. The van der Waals surface area contributed by atoms with Gasteiger partial charge >= 0.3 is 0 Å². The Morgan fingerprint density at radius 1 is 1.00 bits per heavy atom. The molecule has 2 N–H and O–H groups in total. The fourth-order valence-electron chi connectivity index (χ4n) is 5.49. The van der Waals surface area contributed by atoms with Crippen molar-refractivity contribution in [1.82, 2.24) is 10.2 Å². The molecular formula is C27H33N3O5. The summed E-state index contributed by atoms with van der Waals surface area (Å²) in [5.41, 5.74) is 1.46. The van der Waals surface area contributed by atoms with E-state index in [4.69, 9.17) is 14.2 Å². The highest BCUT2D eigenvalue weighted by molar-refractivity contribution is 6.06. The highest BCUT2D eigenvalue weighted by Crippen LogP contribution is 2.40. The standard InChI is InChI=1S/C27H33N3O5/c1-33-23-15-20(16-24-25(23)35-13-12-34-24)27(32)29-21-8-4-6-18(14-21)26(31)28-17-19-7-5-11-30-10-3-2-9-22(19)30/h4,6,8,14-16,19,22H,2-3,5,7,9-13,17H2,1H3,(H,28,31)(H,29,32). The molecule has 2 atom stereocenters. The smallest absolute Gasteiger partial charge is 0.255 e. The van der Waals surface area contributed by atoms with E-state index in [1.165, 1.54) is 45.9 Å². The number of nitrogens with zero attached hydrogens (tertiary/aromatic N) is 1. The minimum atomic E-state index is -0.322. The molecule has 186 valence electrons. The first-order chi connectivity index (χ1) is 17.1. The fourth-order valence-corrected chi connectivity index (χ4v) is 5.49. The minimum Gasteiger partial charge on any atom is -0.493 e. The molecule has 8 heteroatoms. The number of rotatable bonds is 6. The minimum absolute atomic E-state index is 0.116. The fraction of sp³-hybridized carbons (Fsp3) is 0.481. The maximum Gasteiger partial charge on any atom is 0.255 e. The van der Waals surface area contributed by atoms with Crippen LogP contribution in [0.4, 0.5) is 5.69 Å². The summed E-state index contributed by atoms with van der Waals surface area (Å²) in [7, 11) is 1.52. The topological polar surface area (TPSA) is 89.1 Å². The predicted octanol–water partition coefficient (Wildman–Crippen LogP) is 3.71. The molecule has 2 amide bonds. The molecule has 0 spiro atoms. The Hall–Kier alpha value is -3.26. The normalized spacial score (nSPS) is 21.5. The summed E-state index contributed by atoms with van der Waals surface area (Å²) in [4.78, 5) is 28.5. The molecule has 2 unspecified atom stereocenters. The summed E-state index contributed by atoms with van der Waals surface area (Å²) >= 11 is 0. The van der Waals surface area contributed by atoms with Crippen LogP contribution < -0.4 is 24.8 Å². The predicted molar refractivity (Wildman–Crippen MR) is 133 cm³/mol. The van der Waals surface area contributed by atoms with Crippen LogP contribution in [0.25, 0.3) is 0 Å². The monoisotopic (exact) mass is 479 g/mol. The highest BCUT2D eigenvalue weighted by atomic mass is 16.6. The van der Waals surface area contributed by atoms with Crippen LogP contribution in [-0.4, -0.2) is 62.7 Å². The van der Waals surface area contributed by atoms with Gasteiger partial charge in [-0.3, -0.25) is 9.59 Å². The number of hydrogen-bond acceptors (Lipinski definition) is 6. The second-order valence-electron chi connectivity index (χ2n) is 9.45. The zero-order valence-electron chi connectivity index (χ0n) is 20.2. The summed E-state index contributed by atoms with van der Waals surface area (Å²) in [6, 6.07) is 10.9. The van der Waals surface area contributed by atoms with E-state index in [2.05, 4.69) is 15.5 Å². The van der Waals surface area contributed by atoms with Crippen LogP contribution in [0.15, 0.2) is 36.4 Å². The van der Waals surface area contributed by atoms with Crippen LogP contribution >= 0.6 is 0 Å². The van der Waals surface area contributed by atoms with Gasteiger partial charge in [0, 0.05) is 29.4 Å². The summed E-state index contributed by atoms with van der Waals surface area (Å²) < 4.78 is 16.6. The first kappa shape index (κ1) is 23.5. The Bertz CT molecular complexity index is 1070. The van der Waals surface area contributed by atoms with Crippen molar-refractivity contribution in [2.45, 2.75) is 38.1 Å². The van der Waals surface area contributed by atoms with Crippen molar-refractivity contribution in [2.24, 2.45) is 5.92 Å². The molecule has 0 aromatic heterocycles. The molecule has 2 aromatic carbocycles. The third kappa shape index (κ3) is 5.22. The number of ether oxygens (including phenoxy) is 3. The third-order valence-electron chi connectivity index (χ3n) is 7.23. The van der Waals surface area contributed by atoms with Gasteiger partial charge in [0.05, 0.1) is 7.11 Å². The number of carbonyl (C=O) groups is 2. The number of amides is 2. The second-order valence-corrected chi connectivity index (χ2v) is 9.45. The van der Waals surface area contributed by atoms with E-state index >= 15 is 0 Å². The Labute approximate surface area is 205 Å². The van der Waals surface area contributed by atoms with Crippen LogP contribution in [0.2, 0.25) is 0 Å². The van der Waals surface area contributed by atoms with E-state index in [9.17, 15) is 9.59 Å². The zero-order chi connectivity index (χ0) is 24.2. The lowest BCUT2D eigenvalue weighted by Crippen LogP contribution is -2.51. The number of piperidine rings is 2. The van der Waals surface area contributed by atoms with Gasteiger partial charge in [-0.2, -0.15) is 0 Å². The molecule has 8 nitrogen and oxygen atoms in total. The Balaban J connectivity index is 1.23. The number of methoxy groups -OCH3 is 1. The summed E-state index contributed by atoms with van der Waals surface area (Å²) in [6.45, 7) is 3.91. The van der Waals surface area contributed by atoms with Gasteiger partial charge in [0.1, 0.15) is 13.2 Å². The number of benzene rings is 2. The van der Waals surface area contributed by atoms with E-state index in [0.29, 0.717) is 65.8 Å². The number of fused-ring (bicyclic) bond motifs is 2. The maximum atomic E-state index is 12.9. The summed E-state index contributed by atoms with van der Waals surface area (Å²) in [5, 5.41) is 6.01. The van der Waals surface area contributed by atoms with Crippen molar-refractivity contribution in [3.63, 3.8) is 0 Å². The average molecular weight is 480 g/mol. The number of nitrogens with one attached hydrogen (secondary N) is 2. The van der Waals surface area contributed by atoms with E-state index in [-0.39, 0.29) is 11.8 Å². The maximum absolute atomic E-state index is 12.9. The Kier molecular flexibility index (Phi) is 7.08. The van der Waals surface area contributed by atoms with Gasteiger partial charge in [-0.1, -0.05) is 12.5 Å². The molecule has 2 aromatic rings. The number of carbonyl (C=O) groups excluding carboxylic acids is 2. The Morgan fingerprint density at radius 2 is 1.86 bits per heavy atom. The van der Waals surface area contributed by atoms with Crippen molar-refractivity contribution in [3.8, 4) is 17.2 Å².